The SMILES string of the molecule is CC(CCC(=O)O)NC1CCCCC1C(F)(F)F. The van der Waals surface area contributed by atoms with Gasteiger partial charge in [-0.2, -0.15) is 13.2 Å². The number of carboxylic acid groups (broad SMARTS) is 1. The first kappa shape index (κ1) is 15.3. The van der Waals surface area contributed by atoms with Crippen LogP contribution in [0.1, 0.15) is 45.4 Å². The third-order valence-corrected chi connectivity index (χ3v) is 3.48. The second-order valence-electron chi connectivity index (χ2n) is 5.04. The molecular formula is C12H20F3NO2. The van der Waals surface area contributed by atoms with E-state index in [4.69, 9.17) is 5.11 Å². The molecule has 0 radical (unpaired) electrons. The number of nitrogens with one attached hydrogen (secondary N) is 1. The number of halogens is 3. The van der Waals surface area contributed by atoms with Gasteiger partial charge >= 0.3 is 12.1 Å². The summed E-state index contributed by atoms with van der Waals surface area (Å²) in [6.45, 7) is 1.74. The van der Waals surface area contributed by atoms with Gasteiger partial charge in [0.25, 0.3) is 0 Å². The minimum absolute atomic E-state index is 0.0163. The molecule has 0 spiro atoms. The zero-order valence-electron chi connectivity index (χ0n) is 10.5. The molecule has 3 unspecified atom stereocenters. The summed E-state index contributed by atoms with van der Waals surface area (Å²) in [5.41, 5.74) is 0. The third kappa shape index (κ3) is 4.84. The number of rotatable bonds is 5. The van der Waals surface area contributed by atoms with Crippen molar-refractivity contribution in [1.29, 1.82) is 0 Å². The average Bonchev–Trinajstić information content (AvgIpc) is 2.25. The molecule has 0 amide bonds. The van der Waals surface area contributed by atoms with Gasteiger partial charge in [-0.25, -0.2) is 0 Å². The first-order valence-corrected chi connectivity index (χ1v) is 6.35. The van der Waals surface area contributed by atoms with E-state index >= 15 is 0 Å². The van der Waals surface area contributed by atoms with E-state index in [2.05, 4.69) is 5.32 Å². The standard InChI is InChI=1S/C12H20F3NO2/c1-8(6-7-11(17)18)16-10-5-3-2-4-9(10)12(13,14)15/h8-10,16H,2-7H2,1H3,(H,17,18). The Morgan fingerprint density at radius 3 is 2.56 bits per heavy atom. The summed E-state index contributed by atoms with van der Waals surface area (Å²) in [6, 6.07) is -0.767. The predicted molar refractivity (Wildman–Crippen MR) is 61.3 cm³/mol. The summed E-state index contributed by atoms with van der Waals surface area (Å²) < 4.78 is 38.5. The Morgan fingerprint density at radius 1 is 1.39 bits per heavy atom. The van der Waals surface area contributed by atoms with Crippen molar-refractivity contribution in [2.75, 3.05) is 0 Å². The van der Waals surface area contributed by atoms with Crippen molar-refractivity contribution < 1.29 is 23.1 Å². The van der Waals surface area contributed by atoms with Gasteiger partial charge < -0.3 is 10.4 Å². The van der Waals surface area contributed by atoms with Crippen molar-refractivity contribution in [3.05, 3.63) is 0 Å². The molecule has 0 aromatic heterocycles. The second kappa shape index (κ2) is 6.41. The topological polar surface area (TPSA) is 49.3 Å². The highest BCUT2D eigenvalue weighted by molar-refractivity contribution is 5.66. The van der Waals surface area contributed by atoms with Gasteiger partial charge in [0.05, 0.1) is 5.92 Å². The molecule has 0 aromatic rings. The van der Waals surface area contributed by atoms with E-state index in [1.165, 1.54) is 0 Å². The normalized spacial score (nSPS) is 26.9. The monoisotopic (exact) mass is 267 g/mol. The van der Waals surface area contributed by atoms with Crippen LogP contribution in [0.2, 0.25) is 0 Å². The molecule has 6 heteroatoms. The van der Waals surface area contributed by atoms with Gasteiger partial charge in [-0.3, -0.25) is 4.79 Å². The van der Waals surface area contributed by atoms with Gasteiger partial charge in [0.1, 0.15) is 0 Å². The van der Waals surface area contributed by atoms with Crippen LogP contribution in [-0.4, -0.2) is 29.3 Å². The number of aliphatic carboxylic acids is 1. The number of alkyl halides is 3. The minimum Gasteiger partial charge on any atom is -0.481 e. The summed E-state index contributed by atoms with van der Waals surface area (Å²) >= 11 is 0. The molecule has 0 saturated heterocycles. The highest BCUT2D eigenvalue weighted by atomic mass is 19.4. The van der Waals surface area contributed by atoms with E-state index < -0.39 is 24.1 Å². The zero-order valence-corrected chi connectivity index (χ0v) is 10.5. The van der Waals surface area contributed by atoms with E-state index in [1.807, 2.05) is 0 Å². The molecule has 106 valence electrons. The predicted octanol–water partition coefficient (Wildman–Crippen LogP) is 2.95. The lowest BCUT2D eigenvalue weighted by molar-refractivity contribution is -0.189. The molecule has 0 aromatic carbocycles. The van der Waals surface area contributed by atoms with Crippen molar-refractivity contribution >= 4 is 5.97 Å². The van der Waals surface area contributed by atoms with E-state index in [-0.39, 0.29) is 18.9 Å². The van der Waals surface area contributed by atoms with Gasteiger partial charge in [-0.1, -0.05) is 12.8 Å². The number of carbonyl (C=O) groups is 1. The van der Waals surface area contributed by atoms with Crippen LogP contribution in [0.4, 0.5) is 13.2 Å². The molecular weight excluding hydrogens is 247 g/mol. The van der Waals surface area contributed by atoms with Crippen molar-refractivity contribution in [2.24, 2.45) is 5.92 Å². The van der Waals surface area contributed by atoms with Crippen molar-refractivity contribution in [1.82, 2.24) is 5.32 Å². The van der Waals surface area contributed by atoms with Crippen molar-refractivity contribution in [3.63, 3.8) is 0 Å². The fourth-order valence-electron chi connectivity index (χ4n) is 2.51. The van der Waals surface area contributed by atoms with Gasteiger partial charge in [0, 0.05) is 18.5 Å². The molecule has 3 nitrogen and oxygen atoms in total. The molecule has 18 heavy (non-hydrogen) atoms. The average molecular weight is 267 g/mol. The van der Waals surface area contributed by atoms with Crippen molar-refractivity contribution in [3.8, 4) is 0 Å². The van der Waals surface area contributed by atoms with Crippen LogP contribution in [0.3, 0.4) is 0 Å². The van der Waals surface area contributed by atoms with Gasteiger partial charge in [-0.05, 0) is 26.2 Å². The summed E-state index contributed by atoms with van der Waals surface area (Å²) in [5.74, 6) is -2.21. The van der Waals surface area contributed by atoms with Gasteiger partial charge in [-0.15, -0.1) is 0 Å². The van der Waals surface area contributed by atoms with E-state index in [0.29, 0.717) is 19.3 Å². The lowest BCUT2D eigenvalue weighted by Crippen LogP contribution is -2.48. The van der Waals surface area contributed by atoms with Crippen LogP contribution < -0.4 is 5.32 Å². The van der Waals surface area contributed by atoms with Crippen molar-refractivity contribution in [2.45, 2.75) is 63.7 Å². The number of carboxylic acids is 1. The molecule has 1 aliphatic rings. The number of hydrogen-bond acceptors (Lipinski definition) is 2. The molecule has 1 saturated carbocycles. The van der Waals surface area contributed by atoms with E-state index in [9.17, 15) is 18.0 Å². The Hall–Kier alpha value is -0.780. The summed E-state index contributed by atoms with van der Waals surface area (Å²) in [5, 5.41) is 11.5. The fraction of sp³-hybridized carbons (Fsp3) is 0.917. The molecule has 0 heterocycles. The summed E-state index contributed by atoms with van der Waals surface area (Å²) in [4.78, 5) is 10.4. The molecule has 2 N–H and O–H groups in total. The van der Waals surface area contributed by atoms with Crippen LogP contribution in [-0.2, 0) is 4.79 Å². The maximum absolute atomic E-state index is 12.8. The highest BCUT2D eigenvalue weighted by Crippen LogP contribution is 2.37. The van der Waals surface area contributed by atoms with Gasteiger partial charge in [0.2, 0.25) is 0 Å². The maximum atomic E-state index is 12.8. The molecule has 0 aliphatic heterocycles. The van der Waals surface area contributed by atoms with Crippen LogP contribution >= 0.6 is 0 Å². The Balaban J connectivity index is 2.49. The molecule has 1 aliphatic carbocycles. The smallest absolute Gasteiger partial charge is 0.393 e. The minimum atomic E-state index is -4.16. The lowest BCUT2D eigenvalue weighted by atomic mass is 9.83. The van der Waals surface area contributed by atoms with Crippen LogP contribution in [0.5, 0.6) is 0 Å². The van der Waals surface area contributed by atoms with E-state index in [0.717, 1.165) is 6.42 Å². The van der Waals surface area contributed by atoms with Crippen LogP contribution in [0.15, 0.2) is 0 Å². The highest BCUT2D eigenvalue weighted by Gasteiger charge is 2.45. The Morgan fingerprint density at radius 2 is 2.00 bits per heavy atom. The maximum Gasteiger partial charge on any atom is 0.393 e. The Kier molecular flexibility index (Phi) is 5.44. The Bertz CT molecular complexity index is 281. The quantitative estimate of drug-likeness (QED) is 0.805. The zero-order chi connectivity index (χ0) is 13.8. The third-order valence-electron chi connectivity index (χ3n) is 3.48. The number of hydrogen-bond donors (Lipinski definition) is 2. The fourth-order valence-corrected chi connectivity index (χ4v) is 2.51. The summed E-state index contributed by atoms with van der Waals surface area (Å²) in [7, 11) is 0. The lowest BCUT2D eigenvalue weighted by Gasteiger charge is -2.35. The van der Waals surface area contributed by atoms with Crippen LogP contribution in [0.25, 0.3) is 0 Å². The molecule has 0 bridgehead atoms. The van der Waals surface area contributed by atoms with E-state index in [1.54, 1.807) is 6.92 Å². The molecule has 3 atom stereocenters. The molecule has 1 rings (SSSR count). The molecule has 1 fully saturated rings. The first-order chi connectivity index (χ1) is 8.30. The first-order valence-electron chi connectivity index (χ1n) is 6.35. The van der Waals surface area contributed by atoms with Crippen LogP contribution in [0, 0.1) is 5.92 Å². The van der Waals surface area contributed by atoms with Gasteiger partial charge in [0.15, 0.2) is 0 Å². The summed E-state index contributed by atoms with van der Waals surface area (Å²) in [6.07, 6.45) is -1.71. The Labute approximate surface area is 105 Å². The largest absolute Gasteiger partial charge is 0.481 e. The second-order valence-corrected chi connectivity index (χ2v) is 5.04.